The highest BCUT2D eigenvalue weighted by molar-refractivity contribution is 7.44. The van der Waals surface area contributed by atoms with Gasteiger partial charge in [-0.15, -0.1) is 45.3 Å². The Hall–Kier alpha value is -4.06. The molecule has 4 heterocycles. The lowest BCUT2D eigenvalue weighted by Gasteiger charge is -2.06. The lowest BCUT2D eigenvalue weighted by Crippen LogP contribution is -1.79. The lowest BCUT2D eigenvalue weighted by atomic mass is 9.99. The Morgan fingerprint density at radius 1 is 0.333 bits per heavy atom. The molecule has 0 N–H and O–H groups in total. The van der Waals surface area contributed by atoms with Gasteiger partial charge in [-0.2, -0.15) is 0 Å². The van der Waals surface area contributed by atoms with E-state index in [0.29, 0.717) is 0 Å². The summed E-state index contributed by atoms with van der Waals surface area (Å²) in [4.78, 5) is 0. The Labute approximate surface area is 257 Å². The SMILES string of the molecule is c1ccc2c(c1)sc1c(-c3ccc4sc5sc6ccc(-c7cccc8c7sc7ccccc78)cc6c5c4c3)cccc12. The minimum absolute atomic E-state index is 1.30. The van der Waals surface area contributed by atoms with Crippen molar-refractivity contribution in [3.63, 3.8) is 0 Å². The molecule has 10 rings (SSSR count). The summed E-state index contributed by atoms with van der Waals surface area (Å²) >= 11 is 7.67. The predicted molar refractivity (Wildman–Crippen MR) is 191 cm³/mol. The van der Waals surface area contributed by atoms with Crippen molar-refractivity contribution in [3.05, 3.63) is 121 Å². The van der Waals surface area contributed by atoms with E-state index in [9.17, 15) is 0 Å². The molecule has 42 heavy (non-hydrogen) atoms. The van der Waals surface area contributed by atoms with Crippen LogP contribution < -0.4 is 0 Å². The van der Waals surface area contributed by atoms with Gasteiger partial charge in [0.25, 0.3) is 0 Å². The normalized spacial score (nSPS) is 12.3. The third-order valence-corrected chi connectivity index (χ3v) is 13.4. The minimum Gasteiger partial charge on any atom is -0.135 e. The molecule has 0 radical (unpaired) electrons. The first-order chi connectivity index (χ1) is 20.8. The highest BCUT2D eigenvalue weighted by Gasteiger charge is 2.17. The molecule has 0 aliphatic heterocycles. The zero-order valence-corrected chi connectivity index (χ0v) is 25.4. The van der Waals surface area contributed by atoms with Gasteiger partial charge in [0.1, 0.15) is 0 Å². The minimum atomic E-state index is 1.30. The van der Waals surface area contributed by atoms with Crippen LogP contribution in [-0.2, 0) is 0 Å². The van der Waals surface area contributed by atoms with Crippen LogP contribution in [0.25, 0.3) is 92.2 Å². The van der Waals surface area contributed by atoms with Gasteiger partial charge in [-0.25, -0.2) is 0 Å². The molecule has 4 aromatic heterocycles. The molecule has 6 aromatic carbocycles. The number of fused-ring (bicyclic) bond motifs is 11. The third kappa shape index (κ3) is 3.26. The van der Waals surface area contributed by atoms with Crippen LogP contribution in [0, 0.1) is 0 Å². The molecule has 4 heteroatoms. The highest BCUT2D eigenvalue weighted by atomic mass is 32.2. The van der Waals surface area contributed by atoms with Crippen molar-refractivity contribution in [1.29, 1.82) is 0 Å². The molecule has 0 aliphatic rings. The first-order valence-corrected chi connectivity index (χ1v) is 17.3. The van der Waals surface area contributed by atoms with E-state index in [1.807, 2.05) is 45.3 Å². The van der Waals surface area contributed by atoms with E-state index in [1.165, 1.54) is 92.2 Å². The van der Waals surface area contributed by atoms with Crippen LogP contribution in [0.5, 0.6) is 0 Å². The Morgan fingerprint density at radius 3 is 1.31 bits per heavy atom. The van der Waals surface area contributed by atoms with Gasteiger partial charge in [-0.1, -0.05) is 84.9 Å². The summed E-state index contributed by atoms with van der Waals surface area (Å²) in [5, 5.41) is 9.55. The Kier molecular flexibility index (Phi) is 4.88. The number of benzene rings is 6. The van der Waals surface area contributed by atoms with E-state index >= 15 is 0 Å². The van der Waals surface area contributed by atoms with Gasteiger partial charge in [-0.3, -0.25) is 0 Å². The molecule has 196 valence electrons. The van der Waals surface area contributed by atoms with Crippen LogP contribution in [0.15, 0.2) is 121 Å². The largest absolute Gasteiger partial charge is 0.135 e. The smallest absolute Gasteiger partial charge is 0.0890 e. The number of hydrogen-bond donors (Lipinski definition) is 0. The van der Waals surface area contributed by atoms with Crippen molar-refractivity contribution in [2.75, 3.05) is 0 Å². The fourth-order valence-electron chi connectivity index (χ4n) is 6.60. The number of hydrogen-bond acceptors (Lipinski definition) is 4. The molecule has 0 saturated carbocycles. The fraction of sp³-hybridized carbons (Fsp3) is 0. The topological polar surface area (TPSA) is 0 Å². The zero-order chi connectivity index (χ0) is 27.4. The van der Waals surface area contributed by atoms with Gasteiger partial charge >= 0.3 is 0 Å². The van der Waals surface area contributed by atoms with Crippen molar-refractivity contribution in [2.24, 2.45) is 0 Å². The second-order valence-corrected chi connectivity index (χ2v) is 15.3. The summed E-state index contributed by atoms with van der Waals surface area (Å²) in [5.74, 6) is 0. The van der Waals surface area contributed by atoms with Crippen molar-refractivity contribution >= 4 is 115 Å². The number of rotatable bonds is 2. The van der Waals surface area contributed by atoms with Gasteiger partial charge in [0.05, 0.1) is 4.01 Å². The average Bonchev–Trinajstić information content (AvgIpc) is 3.78. The molecule has 0 spiro atoms. The molecule has 0 atom stereocenters. The van der Waals surface area contributed by atoms with E-state index < -0.39 is 0 Å². The predicted octanol–water partition coefficient (Wildman–Crippen LogP) is 13.3. The molecule has 0 saturated heterocycles. The van der Waals surface area contributed by atoms with Crippen LogP contribution in [0.2, 0.25) is 0 Å². The molecule has 0 bridgehead atoms. The van der Waals surface area contributed by atoms with Gasteiger partial charge in [0.2, 0.25) is 0 Å². The fourth-order valence-corrected chi connectivity index (χ4v) is 11.6. The Bertz CT molecular complexity index is 2510. The van der Waals surface area contributed by atoms with Crippen LogP contribution in [0.3, 0.4) is 0 Å². The highest BCUT2D eigenvalue weighted by Crippen LogP contribution is 2.48. The van der Waals surface area contributed by atoms with Gasteiger partial charge < -0.3 is 0 Å². The van der Waals surface area contributed by atoms with Crippen molar-refractivity contribution in [2.45, 2.75) is 0 Å². The Morgan fingerprint density at radius 2 is 0.786 bits per heavy atom. The molecule has 0 nitrogen and oxygen atoms in total. The molecule has 0 fully saturated rings. The maximum absolute atomic E-state index is 2.44. The summed E-state index contributed by atoms with van der Waals surface area (Å²) in [6, 6.07) is 45.3. The summed E-state index contributed by atoms with van der Waals surface area (Å²) in [6.45, 7) is 0. The first-order valence-electron chi connectivity index (χ1n) is 14.0. The molecule has 0 amide bonds. The van der Waals surface area contributed by atoms with Crippen LogP contribution in [0.1, 0.15) is 0 Å². The monoisotopic (exact) mass is 604 g/mol. The molecular weight excluding hydrogens is 585 g/mol. The van der Waals surface area contributed by atoms with Gasteiger partial charge in [0, 0.05) is 65.9 Å². The molecule has 0 unspecified atom stereocenters. The standard InChI is InChI=1S/C38H20S4/c1-3-13-31-25(7-1)27-11-5-9-23(36(27)39-31)21-15-17-33-29(19-21)35-30-20-22(16-18-34(30)42-38(35)41-33)24-10-6-12-28-26-8-2-4-14-32(26)40-37(24)28/h1-20H. The summed E-state index contributed by atoms with van der Waals surface area (Å²) in [5.41, 5.74) is 5.24. The lowest BCUT2D eigenvalue weighted by molar-refractivity contribution is 1.74. The van der Waals surface area contributed by atoms with E-state index in [4.69, 9.17) is 0 Å². The van der Waals surface area contributed by atoms with Crippen molar-refractivity contribution in [1.82, 2.24) is 0 Å². The quantitative estimate of drug-likeness (QED) is 0.184. The molecule has 0 aliphatic carbocycles. The third-order valence-electron chi connectivity index (χ3n) is 8.54. The van der Waals surface area contributed by atoms with Crippen LogP contribution in [0.4, 0.5) is 0 Å². The molecular formula is C38H20S4. The van der Waals surface area contributed by atoms with Crippen molar-refractivity contribution in [3.8, 4) is 22.3 Å². The maximum atomic E-state index is 2.44. The second-order valence-electron chi connectivity index (χ2n) is 10.8. The maximum Gasteiger partial charge on any atom is 0.0890 e. The van der Waals surface area contributed by atoms with E-state index in [-0.39, 0.29) is 0 Å². The van der Waals surface area contributed by atoms with E-state index in [1.54, 1.807) is 0 Å². The van der Waals surface area contributed by atoms with Crippen LogP contribution >= 0.6 is 45.3 Å². The second kappa shape index (κ2) is 8.73. The Balaban J connectivity index is 1.20. The van der Waals surface area contributed by atoms with E-state index in [2.05, 4.69) is 121 Å². The van der Waals surface area contributed by atoms with Crippen LogP contribution in [-0.4, -0.2) is 0 Å². The van der Waals surface area contributed by atoms with Gasteiger partial charge in [-0.05, 0) is 58.7 Å². The first kappa shape index (κ1) is 23.5. The van der Waals surface area contributed by atoms with Crippen molar-refractivity contribution < 1.29 is 0 Å². The summed E-state index contributed by atoms with van der Waals surface area (Å²) in [6.07, 6.45) is 0. The summed E-state index contributed by atoms with van der Waals surface area (Å²) < 4.78 is 9.59. The van der Waals surface area contributed by atoms with E-state index in [0.717, 1.165) is 0 Å². The van der Waals surface area contributed by atoms with Gasteiger partial charge in [0.15, 0.2) is 0 Å². The average molecular weight is 605 g/mol. The molecule has 10 aromatic rings. The zero-order valence-electron chi connectivity index (χ0n) is 22.2. The summed E-state index contributed by atoms with van der Waals surface area (Å²) in [7, 11) is 0. The number of thiophene rings is 4.